The molecule has 1 aromatic rings. The molecule has 0 amide bonds. The molecule has 12 heavy (non-hydrogen) atoms. The van der Waals surface area contributed by atoms with Gasteiger partial charge in [-0.3, -0.25) is 0 Å². The molecule has 0 unspecified atom stereocenters. The number of hydrogen-bond acceptors (Lipinski definition) is 1. The zero-order valence-electron chi connectivity index (χ0n) is 7.36. The standard InChI is InChI=1S/C11H14O/c1-3-9-12-10(2)11-7-5-4-6-8-11/h3-8,10H,1,9H2,2H3/t10-/m0/s1. The quantitative estimate of drug-likeness (QED) is 0.618. The molecule has 0 saturated heterocycles. The molecule has 0 saturated carbocycles. The van der Waals surface area contributed by atoms with E-state index >= 15 is 0 Å². The Morgan fingerprint density at radius 2 is 2.08 bits per heavy atom. The third kappa shape index (κ3) is 2.51. The van der Waals surface area contributed by atoms with Crippen molar-refractivity contribution in [3.8, 4) is 0 Å². The summed E-state index contributed by atoms with van der Waals surface area (Å²) < 4.78 is 5.46. The van der Waals surface area contributed by atoms with Crippen molar-refractivity contribution < 1.29 is 4.74 Å². The van der Waals surface area contributed by atoms with Gasteiger partial charge < -0.3 is 4.74 Å². The Hall–Kier alpha value is -1.08. The third-order valence-electron chi connectivity index (χ3n) is 1.73. The van der Waals surface area contributed by atoms with Crippen LogP contribution in [0.5, 0.6) is 0 Å². The molecule has 0 aliphatic carbocycles. The second-order valence-corrected chi connectivity index (χ2v) is 2.67. The molecule has 1 aromatic carbocycles. The van der Waals surface area contributed by atoms with Crippen LogP contribution >= 0.6 is 0 Å². The molecule has 0 N–H and O–H groups in total. The topological polar surface area (TPSA) is 9.23 Å². The minimum absolute atomic E-state index is 0.157. The Bertz CT molecular complexity index is 228. The maximum Gasteiger partial charge on any atom is 0.0801 e. The van der Waals surface area contributed by atoms with Gasteiger partial charge in [0.1, 0.15) is 0 Å². The van der Waals surface area contributed by atoms with Gasteiger partial charge in [-0.2, -0.15) is 0 Å². The molecule has 0 spiro atoms. The molecule has 0 aliphatic heterocycles. The summed E-state index contributed by atoms with van der Waals surface area (Å²) in [4.78, 5) is 0. The molecule has 64 valence electrons. The minimum Gasteiger partial charge on any atom is -0.370 e. The summed E-state index contributed by atoms with van der Waals surface area (Å²) in [6, 6.07) is 10.2. The smallest absolute Gasteiger partial charge is 0.0801 e. The Morgan fingerprint density at radius 1 is 1.42 bits per heavy atom. The molecular formula is C11H14O. The van der Waals surface area contributed by atoms with E-state index in [4.69, 9.17) is 4.74 Å². The van der Waals surface area contributed by atoms with Gasteiger partial charge in [0.25, 0.3) is 0 Å². The molecule has 0 aliphatic rings. The molecule has 1 rings (SSSR count). The highest BCUT2D eigenvalue weighted by Crippen LogP contribution is 2.15. The Kier molecular flexibility index (Phi) is 3.55. The monoisotopic (exact) mass is 162 g/mol. The lowest BCUT2D eigenvalue weighted by Crippen LogP contribution is -1.99. The average molecular weight is 162 g/mol. The van der Waals surface area contributed by atoms with Gasteiger partial charge in [0.2, 0.25) is 0 Å². The molecule has 0 bridgehead atoms. The van der Waals surface area contributed by atoms with Crippen LogP contribution in [0.2, 0.25) is 0 Å². The van der Waals surface area contributed by atoms with Gasteiger partial charge in [-0.15, -0.1) is 6.58 Å². The van der Waals surface area contributed by atoms with E-state index in [2.05, 4.69) is 18.7 Å². The van der Waals surface area contributed by atoms with E-state index in [9.17, 15) is 0 Å². The molecular weight excluding hydrogens is 148 g/mol. The minimum atomic E-state index is 0.157. The van der Waals surface area contributed by atoms with Crippen molar-refractivity contribution in [2.45, 2.75) is 13.0 Å². The van der Waals surface area contributed by atoms with Gasteiger partial charge in [0, 0.05) is 0 Å². The van der Waals surface area contributed by atoms with Gasteiger partial charge in [-0.05, 0) is 12.5 Å². The van der Waals surface area contributed by atoms with E-state index in [0.717, 1.165) is 0 Å². The first-order valence-corrected chi connectivity index (χ1v) is 4.12. The first-order chi connectivity index (χ1) is 5.84. The van der Waals surface area contributed by atoms with E-state index < -0.39 is 0 Å². The summed E-state index contributed by atoms with van der Waals surface area (Å²) in [6.45, 7) is 6.25. The maximum atomic E-state index is 5.46. The van der Waals surface area contributed by atoms with Gasteiger partial charge in [0.15, 0.2) is 0 Å². The molecule has 0 radical (unpaired) electrons. The number of benzene rings is 1. The van der Waals surface area contributed by atoms with E-state index in [-0.39, 0.29) is 6.10 Å². The SMILES string of the molecule is C=CCO[C@@H](C)c1ccccc1. The highest BCUT2D eigenvalue weighted by Gasteiger charge is 2.01. The molecule has 0 fully saturated rings. The zero-order valence-corrected chi connectivity index (χ0v) is 7.36. The van der Waals surface area contributed by atoms with Crippen molar-refractivity contribution in [1.29, 1.82) is 0 Å². The summed E-state index contributed by atoms with van der Waals surface area (Å²) in [6.07, 6.45) is 1.92. The molecule has 1 heteroatoms. The number of rotatable bonds is 4. The highest BCUT2D eigenvalue weighted by molar-refractivity contribution is 5.16. The lowest BCUT2D eigenvalue weighted by atomic mass is 10.1. The summed E-state index contributed by atoms with van der Waals surface area (Å²) in [5.74, 6) is 0. The second-order valence-electron chi connectivity index (χ2n) is 2.67. The number of hydrogen-bond donors (Lipinski definition) is 0. The van der Waals surface area contributed by atoms with E-state index in [1.807, 2.05) is 25.1 Å². The Labute approximate surface area is 73.7 Å². The normalized spacial score (nSPS) is 12.4. The van der Waals surface area contributed by atoms with Crippen LogP contribution in [0, 0.1) is 0 Å². The summed E-state index contributed by atoms with van der Waals surface area (Å²) in [7, 11) is 0. The van der Waals surface area contributed by atoms with Crippen molar-refractivity contribution in [2.75, 3.05) is 6.61 Å². The first kappa shape index (κ1) is 9.01. The van der Waals surface area contributed by atoms with Gasteiger partial charge in [-0.25, -0.2) is 0 Å². The van der Waals surface area contributed by atoms with Crippen molar-refractivity contribution in [3.63, 3.8) is 0 Å². The predicted octanol–water partition coefficient (Wildman–Crippen LogP) is 2.95. The van der Waals surface area contributed by atoms with Crippen molar-refractivity contribution >= 4 is 0 Å². The van der Waals surface area contributed by atoms with Gasteiger partial charge in [0.05, 0.1) is 12.7 Å². The average Bonchev–Trinajstić information content (AvgIpc) is 2.15. The third-order valence-corrected chi connectivity index (χ3v) is 1.73. The fourth-order valence-corrected chi connectivity index (χ4v) is 1.03. The van der Waals surface area contributed by atoms with Crippen LogP contribution in [0.15, 0.2) is 43.0 Å². The highest BCUT2D eigenvalue weighted by atomic mass is 16.5. The second kappa shape index (κ2) is 4.73. The van der Waals surface area contributed by atoms with E-state index in [0.29, 0.717) is 6.61 Å². The molecule has 1 atom stereocenters. The van der Waals surface area contributed by atoms with Crippen LogP contribution in [0.4, 0.5) is 0 Å². The van der Waals surface area contributed by atoms with Crippen LogP contribution < -0.4 is 0 Å². The van der Waals surface area contributed by atoms with Crippen LogP contribution in [-0.4, -0.2) is 6.61 Å². The Morgan fingerprint density at radius 3 is 2.67 bits per heavy atom. The lowest BCUT2D eigenvalue weighted by Gasteiger charge is -2.11. The van der Waals surface area contributed by atoms with Crippen molar-refractivity contribution in [2.24, 2.45) is 0 Å². The zero-order chi connectivity index (χ0) is 8.81. The van der Waals surface area contributed by atoms with Crippen molar-refractivity contribution in [1.82, 2.24) is 0 Å². The first-order valence-electron chi connectivity index (χ1n) is 4.12. The van der Waals surface area contributed by atoms with Crippen LogP contribution in [-0.2, 0) is 4.74 Å². The molecule has 0 aromatic heterocycles. The molecule has 1 nitrogen and oxygen atoms in total. The van der Waals surface area contributed by atoms with Crippen LogP contribution in [0.3, 0.4) is 0 Å². The fourth-order valence-electron chi connectivity index (χ4n) is 1.03. The van der Waals surface area contributed by atoms with E-state index in [1.165, 1.54) is 5.56 Å². The van der Waals surface area contributed by atoms with Gasteiger partial charge in [-0.1, -0.05) is 36.4 Å². The Balaban J connectivity index is 2.53. The summed E-state index contributed by atoms with van der Waals surface area (Å²) >= 11 is 0. The summed E-state index contributed by atoms with van der Waals surface area (Å²) in [5, 5.41) is 0. The largest absolute Gasteiger partial charge is 0.370 e. The predicted molar refractivity (Wildman–Crippen MR) is 51.0 cm³/mol. The lowest BCUT2D eigenvalue weighted by molar-refractivity contribution is 0.0888. The molecule has 0 heterocycles. The number of ether oxygens (including phenoxy) is 1. The summed E-state index contributed by atoms with van der Waals surface area (Å²) in [5.41, 5.74) is 1.21. The van der Waals surface area contributed by atoms with E-state index in [1.54, 1.807) is 6.08 Å². The van der Waals surface area contributed by atoms with Crippen LogP contribution in [0.25, 0.3) is 0 Å². The fraction of sp³-hybridized carbons (Fsp3) is 0.273. The maximum absolute atomic E-state index is 5.46. The van der Waals surface area contributed by atoms with Crippen LogP contribution in [0.1, 0.15) is 18.6 Å². The van der Waals surface area contributed by atoms with Gasteiger partial charge >= 0.3 is 0 Å². The van der Waals surface area contributed by atoms with Crippen molar-refractivity contribution in [3.05, 3.63) is 48.6 Å².